The van der Waals surface area contributed by atoms with Crippen LogP contribution in [0.15, 0.2) is 30.3 Å². The van der Waals surface area contributed by atoms with Gasteiger partial charge in [-0.15, -0.1) is 0 Å². The van der Waals surface area contributed by atoms with E-state index in [-0.39, 0.29) is 6.61 Å². The van der Waals surface area contributed by atoms with Gasteiger partial charge >= 0.3 is 0 Å². The predicted octanol–water partition coefficient (Wildman–Crippen LogP) is 1.43. The molecule has 0 aliphatic rings. The summed E-state index contributed by atoms with van der Waals surface area (Å²) >= 11 is 0. The normalized spacial score (nSPS) is 11.4. The van der Waals surface area contributed by atoms with E-state index >= 15 is 0 Å². The van der Waals surface area contributed by atoms with E-state index in [0.29, 0.717) is 0 Å². The Morgan fingerprint density at radius 3 is 2.29 bits per heavy atom. The average Bonchev–Trinajstić information content (AvgIpc) is 2.30. The largest absolute Gasteiger partial charge is 0.395 e. The zero-order chi connectivity index (χ0) is 12.5. The lowest BCUT2D eigenvalue weighted by Gasteiger charge is -2.22. The van der Waals surface area contributed by atoms with Gasteiger partial charge in [-0.1, -0.05) is 30.3 Å². The van der Waals surface area contributed by atoms with Crippen LogP contribution in [-0.2, 0) is 6.54 Å². The standard InChI is InChI=1S/C14H24N2O/c1-15(2)9-6-10-16(11-12-17)13-14-7-4-3-5-8-14/h3-5,7-8,17H,6,9-13H2,1-2H3. The third kappa shape index (κ3) is 6.41. The summed E-state index contributed by atoms with van der Waals surface area (Å²) in [5.41, 5.74) is 1.31. The van der Waals surface area contributed by atoms with E-state index in [1.807, 2.05) is 6.07 Å². The second-order valence-corrected chi connectivity index (χ2v) is 4.64. The smallest absolute Gasteiger partial charge is 0.0558 e. The first-order chi connectivity index (χ1) is 8.22. The summed E-state index contributed by atoms with van der Waals surface area (Å²) in [5.74, 6) is 0. The Morgan fingerprint density at radius 1 is 1.00 bits per heavy atom. The minimum Gasteiger partial charge on any atom is -0.395 e. The fourth-order valence-corrected chi connectivity index (χ4v) is 1.86. The first-order valence-corrected chi connectivity index (χ1v) is 6.24. The van der Waals surface area contributed by atoms with Crippen molar-refractivity contribution in [3.63, 3.8) is 0 Å². The summed E-state index contributed by atoms with van der Waals surface area (Å²) in [4.78, 5) is 4.50. The molecule has 0 unspecified atom stereocenters. The van der Waals surface area contributed by atoms with Crippen molar-refractivity contribution in [2.45, 2.75) is 13.0 Å². The molecular weight excluding hydrogens is 212 g/mol. The van der Waals surface area contributed by atoms with E-state index in [9.17, 15) is 0 Å². The Hall–Kier alpha value is -0.900. The number of nitrogens with zero attached hydrogens (tertiary/aromatic N) is 2. The van der Waals surface area contributed by atoms with Crippen LogP contribution >= 0.6 is 0 Å². The molecular formula is C14H24N2O. The summed E-state index contributed by atoms with van der Waals surface area (Å²) < 4.78 is 0. The van der Waals surface area contributed by atoms with E-state index in [1.54, 1.807) is 0 Å². The van der Waals surface area contributed by atoms with E-state index in [2.05, 4.69) is 48.2 Å². The van der Waals surface area contributed by atoms with Gasteiger partial charge in [0.2, 0.25) is 0 Å². The quantitative estimate of drug-likeness (QED) is 0.740. The van der Waals surface area contributed by atoms with Gasteiger partial charge in [-0.05, 0) is 39.2 Å². The summed E-state index contributed by atoms with van der Waals surface area (Å²) in [6.07, 6.45) is 1.14. The molecule has 0 aromatic heterocycles. The molecule has 0 atom stereocenters. The van der Waals surface area contributed by atoms with E-state index in [0.717, 1.165) is 32.6 Å². The molecule has 3 heteroatoms. The molecule has 0 fully saturated rings. The van der Waals surface area contributed by atoms with Crippen molar-refractivity contribution in [1.82, 2.24) is 9.80 Å². The monoisotopic (exact) mass is 236 g/mol. The summed E-state index contributed by atoms with van der Waals surface area (Å²) in [7, 11) is 4.18. The molecule has 0 radical (unpaired) electrons. The fourth-order valence-electron chi connectivity index (χ4n) is 1.86. The van der Waals surface area contributed by atoms with Gasteiger partial charge in [0.25, 0.3) is 0 Å². The number of rotatable bonds is 8. The van der Waals surface area contributed by atoms with Crippen LogP contribution < -0.4 is 0 Å². The Balaban J connectivity index is 2.37. The first-order valence-electron chi connectivity index (χ1n) is 6.24. The third-order valence-electron chi connectivity index (χ3n) is 2.74. The Labute approximate surface area is 105 Å². The topological polar surface area (TPSA) is 26.7 Å². The molecule has 1 aromatic rings. The summed E-state index contributed by atoms with van der Waals surface area (Å²) in [6.45, 7) is 4.04. The van der Waals surface area contributed by atoms with Crippen LogP contribution in [0.25, 0.3) is 0 Å². The van der Waals surface area contributed by atoms with Crippen molar-refractivity contribution in [2.24, 2.45) is 0 Å². The Kier molecular flexibility index (Phi) is 6.86. The van der Waals surface area contributed by atoms with Crippen LogP contribution in [0.2, 0.25) is 0 Å². The van der Waals surface area contributed by atoms with Crippen LogP contribution in [0.4, 0.5) is 0 Å². The Morgan fingerprint density at radius 2 is 1.71 bits per heavy atom. The average molecular weight is 236 g/mol. The molecule has 0 saturated carbocycles. The maximum Gasteiger partial charge on any atom is 0.0558 e. The second-order valence-electron chi connectivity index (χ2n) is 4.64. The third-order valence-corrected chi connectivity index (χ3v) is 2.74. The number of aliphatic hydroxyl groups excluding tert-OH is 1. The molecule has 0 spiro atoms. The van der Waals surface area contributed by atoms with Gasteiger partial charge in [0.1, 0.15) is 0 Å². The number of benzene rings is 1. The van der Waals surface area contributed by atoms with Gasteiger partial charge in [-0.3, -0.25) is 4.90 Å². The summed E-state index contributed by atoms with van der Waals surface area (Å²) in [6, 6.07) is 10.4. The highest BCUT2D eigenvalue weighted by atomic mass is 16.3. The van der Waals surface area contributed by atoms with Crippen LogP contribution in [-0.4, -0.2) is 55.2 Å². The van der Waals surface area contributed by atoms with Crippen LogP contribution in [0.5, 0.6) is 0 Å². The SMILES string of the molecule is CN(C)CCCN(CCO)Cc1ccccc1. The van der Waals surface area contributed by atoms with Crippen molar-refractivity contribution in [3.8, 4) is 0 Å². The first kappa shape index (κ1) is 14.2. The lowest BCUT2D eigenvalue weighted by atomic mass is 10.2. The van der Waals surface area contributed by atoms with Crippen LogP contribution in [0, 0.1) is 0 Å². The molecule has 0 bridgehead atoms. The van der Waals surface area contributed by atoms with Gasteiger partial charge in [-0.2, -0.15) is 0 Å². The molecule has 0 amide bonds. The number of hydrogen-bond acceptors (Lipinski definition) is 3. The maximum absolute atomic E-state index is 9.07. The molecule has 1 rings (SSSR count). The minimum atomic E-state index is 0.231. The summed E-state index contributed by atoms with van der Waals surface area (Å²) in [5, 5.41) is 9.07. The molecule has 0 aliphatic carbocycles. The van der Waals surface area contributed by atoms with Gasteiger partial charge in [-0.25, -0.2) is 0 Å². The second kappa shape index (κ2) is 8.23. The highest BCUT2D eigenvalue weighted by molar-refractivity contribution is 5.14. The molecule has 17 heavy (non-hydrogen) atoms. The number of aliphatic hydroxyl groups is 1. The zero-order valence-electron chi connectivity index (χ0n) is 11.0. The molecule has 0 aliphatic heterocycles. The molecule has 3 nitrogen and oxygen atoms in total. The number of hydrogen-bond donors (Lipinski definition) is 1. The lowest BCUT2D eigenvalue weighted by Crippen LogP contribution is -2.29. The maximum atomic E-state index is 9.07. The fraction of sp³-hybridized carbons (Fsp3) is 0.571. The van der Waals surface area contributed by atoms with E-state index in [4.69, 9.17) is 5.11 Å². The molecule has 0 saturated heterocycles. The Bertz CT molecular complexity index is 288. The van der Waals surface area contributed by atoms with Gasteiger partial charge in [0.05, 0.1) is 6.61 Å². The predicted molar refractivity (Wildman–Crippen MR) is 72.0 cm³/mol. The van der Waals surface area contributed by atoms with Gasteiger partial charge in [0, 0.05) is 13.1 Å². The van der Waals surface area contributed by atoms with Gasteiger partial charge < -0.3 is 10.0 Å². The molecule has 96 valence electrons. The van der Waals surface area contributed by atoms with Crippen LogP contribution in [0.1, 0.15) is 12.0 Å². The van der Waals surface area contributed by atoms with E-state index < -0.39 is 0 Å². The van der Waals surface area contributed by atoms with Crippen molar-refractivity contribution in [2.75, 3.05) is 40.3 Å². The van der Waals surface area contributed by atoms with Crippen molar-refractivity contribution >= 4 is 0 Å². The molecule has 1 aromatic carbocycles. The lowest BCUT2D eigenvalue weighted by molar-refractivity contribution is 0.184. The highest BCUT2D eigenvalue weighted by Crippen LogP contribution is 2.04. The molecule has 1 N–H and O–H groups in total. The zero-order valence-corrected chi connectivity index (χ0v) is 11.0. The minimum absolute atomic E-state index is 0.231. The van der Waals surface area contributed by atoms with Crippen LogP contribution in [0.3, 0.4) is 0 Å². The molecule has 0 heterocycles. The van der Waals surface area contributed by atoms with Crippen molar-refractivity contribution in [3.05, 3.63) is 35.9 Å². The van der Waals surface area contributed by atoms with Gasteiger partial charge in [0.15, 0.2) is 0 Å². The highest BCUT2D eigenvalue weighted by Gasteiger charge is 2.05. The van der Waals surface area contributed by atoms with E-state index in [1.165, 1.54) is 5.56 Å². The van der Waals surface area contributed by atoms with Crippen molar-refractivity contribution < 1.29 is 5.11 Å². The van der Waals surface area contributed by atoms with Crippen molar-refractivity contribution in [1.29, 1.82) is 0 Å².